The third-order valence-electron chi connectivity index (χ3n) is 7.47. The second-order valence-electron chi connectivity index (χ2n) is 9.56. The summed E-state index contributed by atoms with van der Waals surface area (Å²) in [4.78, 5) is 46.2. The molecule has 8 heteroatoms. The Morgan fingerprint density at radius 2 is 1.82 bits per heavy atom. The van der Waals surface area contributed by atoms with Crippen LogP contribution in [0.4, 0.5) is 0 Å². The van der Waals surface area contributed by atoms with E-state index in [9.17, 15) is 19.5 Å². The number of unbranched alkanes of at least 4 members (excludes halogenated alkanes) is 1. The number of fused-ring (bicyclic) bond motifs is 2. The third kappa shape index (κ3) is 3.56. The Bertz CT molecular complexity index is 1020. The second kappa shape index (κ2) is 9.00. The molecule has 0 bridgehead atoms. The molecule has 5 rings (SSSR count). The molecule has 0 saturated carbocycles. The van der Waals surface area contributed by atoms with Crippen LogP contribution >= 0.6 is 0 Å². The highest BCUT2D eigenvalue weighted by atomic mass is 16.5. The molecule has 0 aromatic heterocycles. The average Bonchev–Trinajstić information content (AvgIpc) is 3.16. The van der Waals surface area contributed by atoms with E-state index in [2.05, 4.69) is 0 Å². The zero-order valence-corrected chi connectivity index (χ0v) is 19.4. The maximum atomic E-state index is 14.0. The molecule has 1 aromatic rings. The summed E-state index contributed by atoms with van der Waals surface area (Å²) in [7, 11) is 1.73. The van der Waals surface area contributed by atoms with E-state index in [1.807, 2.05) is 54.6 Å². The zero-order chi connectivity index (χ0) is 23.9. The molecule has 180 valence electrons. The van der Waals surface area contributed by atoms with Crippen molar-refractivity contribution >= 4 is 17.7 Å². The minimum Gasteiger partial charge on any atom is -0.396 e. The lowest BCUT2D eigenvalue weighted by molar-refractivity contribution is -0.148. The van der Waals surface area contributed by atoms with E-state index in [1.165, 1.54) is 0 Å². The van der Waals surface area contributed by atoms with Crippen LogP contribution in [-0.2, 0) is 25.7 Å². The first-order valence-electron chi connectivity index (χ1n) is 12.0. The van der Waals surface area contributed by atoms with Gasteiger partial charge in [-0.3, -0.25) is 14.4 Å². The summed E-state index contributed by atoms with van der Waals surface area (Å²) >= 11 is 0. The van der Waals surface area contributed by atoms with Crippen LogP contribution in [0.15, 0.2) is 54.6 Å². The van der Waals surface area contributed by atoms with E-state index in [0.717, 1.165) is 5.56 Å². The number of aliphatic hydroxyl groups is 1. The molecule has 4 heterocycles. The van der Waals surface area contributed by atoms with Gasteiger partial charge in [-0.25, -0.2) is 0 Å². The number of nitrogens with zero attached hydrogens (tertiary/aromatic N) is 3. The topological polar surface area (TPSA) is 90.4 Å². The molecular weight excluding hydrogens is 434 g/mol. The SMILES string of the molecule is CN1CC=C[C@@H]2O[C@]34C=CCN(Cc5ccccc5)C(=O)C3N(CCCCO)C(=O)[C@@H]4[C@@H]2C1=O. The van der Waals surface area contributed by atoms with Crippen LogP contribution in [0.5, 0.6) is 0 Å². The van der Waals surface area contributed by atoms with Crippen molar-refractivity contribution < 1.29 is 24.2 Å². The quantitative estimate of drug-likeness (QED) is 0.500. The van der Waals surface area contributed by atoms with E-state index >= 15 is 0 Å². The number of carbonyl (C=O) groups is 3. The predicted molar refractivity (Wildman–Crippen MR) is 124 cm³/mol. The highest BCUT2D eigenvalue weighted by molar-refractivity contribution is 5.99. The molecule has 3 amide bonds. The first-order chi connectivity index (χ1) is 16.5. The lowest BCUT2D eigenvalue weighted by atomic mass is 9.77. The number of amides is 3. The molecule has 5 atom stereocenters. The lowest BCUT2D eigenvalue weighted by Crippen LogP contribution is -2.55. The molecule has 2 saturated heterocycles. The number of hydrogen-bond donors (Lipinski definition) is 1. The van der Waals surface area contributed by atoms with Crippen LogP contribution in [0.3, 0.4) is 0 Å². The molecule has 1 aromatic carbocycles. The summed E-state index contributed by atoms with van der Waals surface area (Å²) in [5, 5.41) is 9.28. The Morgan fingerprint density at radius 1 is 1.03 bits per heavy atom. The Kier molecular flexibility index (Phi) is 6.04. The van der Waals surface area contributed by atoms with Crippen LogP contribution in [0, 0.1) is 11.8 Å². The highest BCUT2D eigenvalue weighted by Gasteiger charge is 2.71. The number of aliphatic hydroxyl groups excluding tert-OH is 1. The van der Waals surface area contributed by atoms with Gasteiger partial charge in [0.25, 0.3) is 0 Å². The van der Waals surface area contributed by atoms with Crippen molar-refractivity contribution in [3.8, 4) is 0 Å². The summed E-state index contributed by atoms with van der Waals surface area (Å²) in [6, 6.07) is 8.92. The van der Waals surface area contributed by atoms with Gasteiger partial charge in [-0.05, 0) is 18.4 Å². The first kappa shape index (κ1) is 22.8. The molecule has 0 aliphatic carbocycles. The van der Waals surface area contributed by atoms with Crippen molar-refractivity contribution in [2.24, 2.45) is 11.8 Å². The van der Waals surface area contributed by atoms with Gasteiger partial charge in [-0.1, -0.05) is 54.6 Å². The van der Waals surface area contributed by atoms with Gasteiger partial charge >= 0.3 is 0 Å². The number of hydrogen-bond acceptors (Lipinski definition) is 5. The number of ether oxygens (including phenoxy) is 1. The van der Waals surface area contributed by atoms with E-state index in [-0.39, 0.29) is 24.3 Å². The first-order valence-corrected chi connectivity index (χ1v) is 12.0. The van der Waals surface area contributed by atoms with Gasteiger partial charge in [0.1, 0.15) is 11.6 Å². The minimum absolute atomic E-state index is 0.0184. The third-order valence-corrected chi connectivity index (χ3v) is 7.47. The number of likely N-dealkylation sites (tertiary alicyclic amines) is 1. The lowest BCUT2D eigenvalue weighted by Gasteiger charge is -2.35. The van der Waals surface area contributed by atoms with Crippen molar-refractivity contribution in [2.75, 3.05) is 33.3 Å². The fraction of sp³-hybridized carbons (Fsp3) is 0.500. The van der Waals surface area contributed by atoms with Crippen molar-refractivity contribution in [3.63, 3.8) is 0 Å². The van der Waals surface area contributed by atoms with Crippen molar-refractivity contribution in [3.05, 3.63) is 60.2 Å². The summed E-state index contributed by atoms with van der Waals surface area (Å²) in [6.45, 7) is 1.65. The fourth-order valence-corrected chi connectivity index (χ4v) is 5.89. The number of carbonyl (C=O) groups excluding carboxylic acids is 3. The van der Waals surface area contributed by atoms with Crippen molar-refractivity contribution in [1.29, 1.82) is 0 Å². The fourth-order valence-electron chi connectivity index (χ4n) is 5.89. The summed E-state index contributed by atoms with van der Waals surface area (Å²) in [6.07, 6.45) is 8.08. The molecule has 1 spiro atoms. The van der Waals surface area contributed by atoms with Crippen LogP contribution in [-0.4, -0.2) is 88.6 Å². The maximum absolute atomic E-state index is 14.0. The predicted octanol–water partition coefficient (Wildman–Crippen LogP) is 0.967. The molecule has 4 aliphatic rings. The molecule has 2 fully saturated rings. The molecule has 4 aliphatic heterocycles. The van der Waals surface area contributed by atoms with Gasteiger partial charge in [0.15, 0.2) is 0 Å². The number of rotatable bonds is 6. The van der Waals surface area contributed by atoms with Crippen LogP contribution in [0.1, 0.15) is 18.4 Å². The highest BCUT2D eigenvalue weighted by Crippen LogP contribution is 2.53. The van der Waals surface area contributed by atoms with Gasteiger partial charge in [-0.2, -0.15) is 0 Å². The average molecular weight is 466 g/mol. The summed E-state index contributed by atoms with van der Waals surface area (Å²) in [5.74, 6) is -1.94. The Hall–Kier alpha value is -2.97. The van der Waals surface area contributed by atoms with Crippen molar-refractivity contribution in [2.45, 2.75) is 37.1 Å². The van der Waals surface area contributed by atoms with E-state index in [1.54, 1.807) is 21.7 Å². The smallest absolute Gasteiger partial charge is 0.249 e. The van der Waals surface area contributed by atoms with Crippen LogP contribution < -0.4 is 0 Å². The molecule has 34 heavy (non-hydrogen) atoms. The van der Waals surface area contributed by atoms with E-state index in [0.29, 0.717) is 39.0 Å². The zero-order valence-electron chi connectivity index (χ0n) is 19.4. The van der Waals surface area contributed by atoms with Gasteiger partial charge in [0.2, 0.25) is 17.7 Å². The van der Waals surface area contributed by atoms with E-state index in [4.69, 9.17) is 4.74 Å². The molecule has 1 N–H and O–H groups in total. The largest absolute Gasteiger partial charge is 0.396 e. The van der Waals surface area contributed by atoms with E-state index < -0.39 is 29.6 Å². The Balaban J connectivity index is 1.54. The van der Waals surface area contributed by atoms with Crippen molar-refractivity contribution in [1.82, 2.24) is 14.7 Å². The normalized spacial score (nSPS) is 32.5. The standard InChI is InChI=1S/C26H31N3O5/c1-27-13-7-11-19-20(23(27)31)21-24(32)29(15-5-6-16-30)22-25(33)28(14-8-12-26(21,22)34-19)17-18-9-3-2-4-10-18/h2-4,7-12,19-22,30H,5-6,13-17H2,1H3/t19-,20+,21-,22?,26-/m0/s1. The molecule has 8 nitrogen and oxygen atoms in total. The summed E-state index contributed by atoms with van der Waals surface area (Å²) < 4.78 is 6.56. The maximum Gasteiger partial charge on any atom is 0.249 e. The van der Waals surface area contributed by atoms with Gasteiger partial charge in [0, 0.05) is 39.8 Å². The summed E-state index contributed by atoms with van der Waals surface area (Å²) in [5.41, 5.74) is -0.183. The van der Waals surface area contributed by atoms with Gasteiger partial charge in [0.05, 0.1) is 17.9 Å². The van der Waals surface area contributed by atoms with Crippen LogP contribution in [0.25, 0.3) is 0 Å². The molecular formula is C26H31N3O5. The molecule has 0 radical (unpaired) electrons. The Morgan fingerprint density at radius 3 is 2.59 bits per heavy atom. The minimum atomic E-state index is -1.19. The number of likely N-dealkylation sites (N-methyl/N-ethyl adjacent to an activating group) is 1. The second-order valence-corrected chi connectivity index (χ2v) is 9.56. The molecule has 1 unspecified atom stereocenters. The number of benzene rings is 1. The van der Waals surface area contributed by atoms with Gasteiger partial charge < -0.3 is 24.5 Å². The van der Waals surface area contributed by atoms with Gasteiger partial charge in [-0.15, -0.1) is 0 Å². The Labute approximate surface area is 199 Å². The monoisotopic (exact) mass is 465 g/mol. The van der Waals surface area contributed by atoms with Crippen LogP contribution in [0.2, 0.25) is 0 Å².